The highest BCUT2D eigenvalue weighted by Gasteiger charge is 2.45. The predicted molar refractivity (Wildman–Crippen MR) is 99.4 cm³/mol. The monoisotopic (exact) mass is 418 g/mol. The number of nitrogens with one attached hydrogen (secondary N) is 1. The van der Waals surface area contributed by atoms with Crippen molar-refractivity contribution in [3.63, 3.8) is 0 Å². The number of hydrogen-bond donors (Lipinski definition) is 3. The van der Waals surface area contributed by atoms with Gasteiger partial charge in [-0.3, -0.25) is 9.59 Å². The van der Waals surface area contributed by atoms with Crippen molar-refractivity contribution in [3.8, 4) is 0 Å². The maximum atomic E-state index is 12.5. The maximum Gasteiger partial charge on any atom is 0.490 e. The Morgan fingerprint density at radius 1 is 1.14 bits per heavy atom. The van der Waals surface area contributed by atoms with Crippen LogP contribution in [0.25, 0.3) is 0 Å². The Kier molecular flexibility index (Phi) is 8.19. The largest absolute Gasteiger partial charge is 0.490 e. The second-order valence-electron chi connectivity index (χ2n) is 7.41. The molecule has 0 unspecified atom stereocenters. The lowest BCUT2D eigenvalue weighted by Gasteiger charge is -2.39. The van der Waals surface area contributed by atoms with Crippen LogP contribution in [0.4, 0.5) is 18.9 Å². The zero-order valence-corrected chi connectivity index (χ0v) is 16.5. The van der Waals surface area contributed by atoms with Crippen LogP contribution in [0.1, 0.15) is 36.8 Å². The zero-order chi connectivity index (χ0) is 22.4. The Hall–Kier alpha value is -2.62. The van der Waals surface area contributed by atoms with Crippen molar-refractivity contribution in [3.05, 3.63) is 29.3 Å². The van der Waals surface area contributed by atoms with Gasteiger partial charge in [0, 0.05) is 12.2 Å². The number of carbonyl (C=O) groups excluding carboxylic acids is 1. The fourth-order valence-electron chi connectivity index (χ4n) is 3.03. The molecule has 0 atom stereocenters. The summed E-state index contributed by atoms with van der Waals surface area (Å²) in [6.45, 7) is 2.79. The van der Waals surface area contributed by atoms with Crippen LogP contribution in [0.3, 0.4) is 0 Å². The smallest absolute Gasteiger partial charge is 0.481 e. The molecule has 1 fully saturated rings. The molecule has 0 aromatic heterocycles. The number of carboxylic acids is 2. The highest BCUT2D eigenvalue weighted by atomic mass is 19.4. The number of nitrogens with zero attached hydrogens (tertiary/aromatic N) is 1. The number of aryl methyl sites for hydroxylation is 1. The van der Waals surface area contributed by atoms with Gasteiger partial charge in [-0.1, -0.05) is 12.5 Å². The normalized spacial score (nSPS) is 15.0. The molecule has 0 spiro atoms. The molecular weight excluding hydrogens is 393 g/mol. The van der Waals surface area contributed by atoms with Crippen LogP contribution >= 0.6 is 0 Å². The SMILES string of the molecule is Cc1cc(CN(C)C)cc(NC(=O)C2(CC(=O)O)CCC2)c1.O=C(O)C(F)(F)F. The number of anilines is 1. The van der Waals surface area contributed by atoms with Crippen molar-refractivity contribution in [2.45, 2.75) is 45.3 Å². The summed E-state index contributed by atoms with van der Waals surface area (Å²) in [6, 6.07) is 5.97. The summed E-state index contributed by atoms with van der Waals surface area (Å²) in [5.41, 5.74) is 2.23. The van der Waals surface area contributed by atoms with Gasteiger partial charge in [0.2, 0.25) is 5.91 Å². The number of rotatable bonds is 6. The minimum Gasteiger partial charge on any atom is -0.481 e. The molecule has 10 heteroatoms. The molecule has 0 aliphatic heterocycles. The van der Waals surface area contributed by atoms with Crippen LogP contribution in [0.5, 0.6) is 0 Å². The number of alkyl halides is 3. The molecule has 1 aliphatic carbocycles. The molecule has 1 aromatic carbocycles. The molecule has 1 amide bonds. The number of hydrogen-bond acceptors (Lipinski definition) is 4. The van der Waals surface area contributed by atoms with Crippen LogP contribution in [-0.4, -0.2) is 53.2 Å². The highest BCUT2D eigenvalue weighted by molar-refractivity contribution is 5.98. The van der Waals surface area contributed by atoms with E-state index in [0.29, 0.717) is 12.8 Å². The minimum absolute atomic E-state index is 0.0881. The third-order valence-electron chi connectivity index (χ3n) is 4.42. The standard InChI is InChI=1S/C17H24N2O3.C2HF3O2/c1-12-7-13(11-19(2)3)9-14(8-12)18-16(22)17(5-4-6-17)10-15(20)21;3-2(4,5)1(6)7/h7-9H,4-6,10-11H2,1-3H3,(H,18,22)(H,20,21);(H,6,7). The lowest BCUT2D eigenvalue weighted by Crippen LogP contribution is -2.43. The molecule has 2 rings (SSSR count). The third-order valence-corrected chi connectivity index (χ3v) is 4.42. The Morgan fingerprint density at radius 2 is 1.69 bits per heavy atom. The maximum absolute atomic E-state index is 12.5. The van der Waals surface area contributed by atoms with E-state index in [1.807, 2.05) is 33.2 Å². The molecule has 1 saturated carbocycles. The van der Waals surface area contributed by atoms with E-state index in [9.17, 15) is 22.8 Å². The fourth-order valence-corrected chi connectivity index (χ4v) is 3.03. The summed E-state index contributed by atoms with van der Waals surface area (Å²) < 4.78 is 31.7. The van der Waals surface area contributed by atoms with Gasteiger partial charge in [0.05, 0.1) is 11.8 Å². The molecule has 3 N–H and O–H groups in total. The topological polar surface area (TPSA) is 107 Å². The number of halogens is 3. The van der Waals surface area contributed by atoms with E-state index in [1.165, 1.54) is 0 Å². The summed E-state index contributed by atoms with van der Waals surface area (Å²) in [5.74, 6) is -3.83. The van der Waals surface area contributed by atoms with Crippen molar-refractivity contribution >= 4 is 23.5 Å². The third kappa shape index (κ3) is 7.72. The first-order valence-electron chi connectivity index (χ1n) is 8.84. The van der Waals surface area contributed by atoms with Gasteiger partial charge in [-0.2, -0.15) is 13.2 Å². The Morgan fingerprint density at radius 3 is 2.07 bits per heavy atom. The van der Waals surface area contributed by atoms with E-state index in [2.05, 4.69) is 16.3 Å². The average molecular weight is 418 g/mol. The zero-order valence-electron chi connectivity index (χ0n) is 16.5. The molecule has 0 radical (unpaired) electrons. The molecular formula is C19H25F3N2O5. The lowest BCUT2D eigenvalue weighted by atomic mass is 9.66. The highest BCUT2D eigenvalue weighted by Crippen LogP contribution is 2.45. The van der Waals surface area contributed by atoms with E-state index in [4.69, 9.17) is 15.0 Å². The summed E-state index contributed by atoms with van der Waals surface area (Å²) in [6.07, 6.45) is -2.95. The average Bonchev–Trinajstić information content (AvgIpc) is 2.48. The van der Waals surface area contributed by atoms with Crippen molar-refractivity contribution in [2.24, 2.45) is 5.41 Å². The van der Waals surface area contributed by atoms with Gasteiger partial charge in [0.25, 0.3) is 0 Å². The van der Waals surface area contributed by atoms with Gasteiger partial charge in [0.15, 0.2) is 0 Å². The number of carbonyl (C=O) groups is 3. The van der Waals surface area contributed by atoms with Gasteiger partial charge in [-0.25, -0.2) is 4.79 Å². The predicted octanol–water partition coefficient (Wildman–Crippen LogP) is 3.27. The van der Waals surface area contributed by atoms with Crippen LogP contribution in [0, 0.1) is 12.3 Å². The van der Waals surface area contributed by atoms with Crippen molar-refractivity contribution in [1.82, 2.24) is 4.90 Å². The first kappa shape index (κ1) is 24.4. The molecule has 1 aliphatic rings. The van der Waals surface area contributed by atoms with E-state index in [0.717, 1.165) is 29.8 Å². The van der Waals surface area contributed by atoms with Crippen LogP contribution in [0.2, 0.25) is 0 Å². The summed E-state index contributed by atoms with van der Waals surface area (Å²) >= 11 is 0. The number of aliphatic carboxylic acids is 2. The van der Waals surface area contributed by atoms with Crippen molar-refractivity contribution in [2.75, 3.05) is 19.4 Å². The first-order valence-corrected chi connectivity index (χ1v) is 8.84. The quantitative estimate of drug-likeness (QED) is 0.655. The molecule has 29 heavy (non-hydrogen) atoms. The minimum atomic E-state index is -5.08. The molecule has 0 saturated heterocycles. The van der Waals surface area contributed by atoms with E-state index in [-0.39, 0.29) is 12.3 Å². The molecule has 1 aromatic rings. The van der Waals surface area contributed by atoms with Gasteiger partial charge < -0.3 is 20.4 Å². The second-order valence-corrected chi connectivity index (χ2v) is 7.41. The molecule has 0 bridgehead atoms. The van der Waals surface area contributed by atoms with Crippen molar-refractivity contribution in [1.29, 1.82) is 0 Å². The van der Waals surface area contributed by atoms with E-state index < -0.39 is 23.5 Å². The second kappa shape index (κ2) is 9.73. The first-order chi connectivity index (χ1) is 13.2. The van der Waals surface area contributed by atoms with Crippen LogP contribution in [0.15, 0.2) is 18.2 Å². The number of benzene rings is 1. The number of amides is 1. The lowest BCUT2D eigenvalue weighted by molar-refractivity contribution is -0.192. The van der Waals surface area contributed by atoms with Gasteiger partial charge in [0.1, 0.15) is 0 Å². The van der Waals surface area contributed by atoms with Crippen molar-refractivity contribution < 1.29 is 37.8 Å². The summed E-state index contributed by atoms with van der Waals surface area (Å²) in [7, 11) is 3.99. The van der Waals surface area contributed by atoms with Crippen LogP contribution in [-0.2, 0) is 20.9 Å². The van der Waals surface area contributed by atoms with E-state index >= 15 is 0 Å². The van der Waals surface area contributed by atoms with Gasteiger partial charge in [-0.15, -0.1) is 0 Å². The Labute approximate surface area is 166 Å². The number of carboxylic acid groups (broad SMARTS) is 2. The Bertz CT molecular complexity index is 759. The van der Waals surface area contributed by atoms with E-state index in [1.54, 1.807) is 0 Å². The Balaban J connectivity index is 0.000000516. The fraction of sp³-hybridized carbons (Fsp3) is 0.526. The molecule has 7 nitrogen and oxygen atoms in total. The van der Waals surface area contributed by atoms with Gasteiger partial charge in [-0.05, 0) is 57.1 Å². The van der Waals surface area contributed by atoms with Crippen LogP contribution < -0.4 is 5.32 Å². The summed E-state index contributed by atoms with van der Waals surface area (Å²) in [4.78, 5) is 34.5. The van der Waals surface area contributed by atoms with Gasteiger partial charge >= 0.3 is 18.1 Å². The molecule has 0 heterocycles. The molecule has 162 valence electrons. The summed E-state index contributed by atoms with van der Waals surface area (Å²) in [5, 5.41) is 19.1.